The second-order valence-corrected chi connectivity index (χ2v) is 4.66. The fraction of sp³-hybridized carbons (Fsp3) is 0.133. The first kappa shape index (κ1) is 12.3. The highest BCUT2D eigenvalue weighted by Crippen LogP contribution is 2.17. The van der Waals surface area contributed by atoms with Gasteiger partial charge in [-0.3, -0.25) is 0 Å². The standard InChI is InChI=1S/C15H14N4O/c1-10-8-11(2)19(18-10)14-9-13(16-15(20)17-14)12-6-4-3-5-7-12/h3-9H,1-2H3,(H,16,17,20). The molecule has 2 aromatic heterocycles. The van der Waals surface area contributed by atoms with Crippen molar-refractivity contribution in [2.75, 3.05) is 0 Å². The molecule has 1 aromatic carbocycles. The van der Waals surface area contributed by atoms with E-state index >= 15 is 0 Å². The van der Waals surface area contributed by atoms with Crippen molar-refractivity contribution in [1.82, 2.24) is 19.7 Å². The monoisotopic (exact) mass is 266 g/mol. The van der Waals surface area contributed by atoms with Gasteiger partial charge in [0.1, 0.15) is 0 Å². The minimum atomic E-state index is -0.381. The third-order valence-electron chi connectivity index (χ3n) is 3.04. The van der Waals surface area contributed by atoms with E-state index in [1.165, 1.54) is 0 Å². The van der Waals surface area contributed by atoms with E-state index in [9.17, 15) is 4.79 Å². The Morgan fingerprint density at radius 3 is 2.50 bits per heavy atom. The van der Waals surface area contributed by atoms with Crippen molar-refractivity contribution >= 4 is 0 Å². The Labute approximate surface area is 115 Å². The first-order valence-electron chi connectivity index (χ1n) is 6.34. The number of H-pyrrole nitrogens is 1. The molecule has 0 saturated carbocycles. The van der Waals surface area contributed by atoms with Gasteiger partial charge in [-0.1, -0.05) is 30.3 Å². The molecule has 0 aliphatic carbocycles. The Balaban J connectivity index is 2.17. The molecule has 5 nitrogen and oxygen atoms in total. The highest BCUT2D eigenvalue weighted by molar-refractivity contribution is 5.60. The minimum absolute atomic E-state index is 0.381. The summed E-state index contributed by atoms with van der Waals surface area (Å²) in [5.41, 5.74) is 3.13. The van der Waals surface area contributed by atoms with E-state index in [1.54, 1.807) is 4.68 Å². The molecule has 3 rings (SSSR count). The number of rotatable bonds is 2. The predicted molar refractivity (Wildman–Crippen MR) is 76.9 cm³/mol. The van der Waals surface area contributed by atoms with E-state index in [1.807, 2.05) is 56.3 Å². The van der Waals surface area contributed by atoms with Gasteiger partial charge in [-0.05, 0) is 25.5 Å². The van der Waals surface area contributed by atoms with E-state index in [4.69, 9.17) is 0 Å². The van der Waals surface area contributed by atoms with Crippen molar-refractivity contribution in [2.24, 2.45) is 0 Å². The van der Waals surface area contributed by atoms with Crippen LogP contribution < -0.4 is 5.69 Å². The summed E-state index contributed by atoms with van der Waals surface area (Å²) in [6, 6.07) is 13.5. The Bertz CT molecular complexity index is 802. The molecule has 2 heterocycles. The number of benzene rings is 1. The molecule has 0 saturated heterocycles. The largest absolute Gasteiger partial charge is 0.347 e. The van der Waals surface area contributed by atoms with E-state index < -0.39 is 0 Å². The van der Waals surface area contributed by atoms with Crippen LogP contribution in [0.15, 0.2) is 47.3 Å². The van der Waals surface area contributed by atoms with Crippen molar-refractivity contribution in [2.45, 2.75) is 13.8 Å². The van der Waals surface area contributed by atoms with Crippen molar-refractivity contribution in [3.05, 3.63) is 64.3 Å². The predicted octanol–water partition coefficient (Wildman–Crippen LogP) is 2.24. The summed E-state index contributed by atoms with van der Waals surface area (Å²) in [6.45, 7) is 3.85. The van der Waals surface area contributed by atoms with Crippen molar-refractivity contribution < 1.29 is 0 Å². The smallest absolute Gasteiger partial charge is 0.305 e. The maximum absolute atomic E-state index is 11.8. The lowest BCUT2D eigenvalue weighted by Crippen LogP contribution is -2.16. The molecule has 0 aliphatic rings. The lowest BCUT2D eigenvalue weighted by atomic mass is 10.1. The molecule has 3 aromatic rings. The molecule has 0 amide bonds. The van der Waals surface area contributed by atoms with Crippen molar-refractivity contribution in [1.29, 1.82) is 0 Å². The van der Waals surface area contributed by atoms with Crippen LogP contribution in [0.1, 0.15) is 11.4 Å². The van der Waals surface area contributed by atoms with Crippen LogP contribution in [-0.2, 0) is 0 Å². The summed E-state index contributed by atoms with van der Waals surface area (Å²) in [5, 5.41) is 4.36. The second kappa shape index (κ2) is 4.77. The van der Waals surface area contributed by atoms with Gasteiger partial charge in [0.15, 0.2) is 5.82 Å². The first-order valence-corrected chi connectivity index (χ1v) is 6.34. The normalized spacial score (nSPS) is 10.7. The number of hydrogen-bond acceptors (Lipinski definition) is 3. The third-order valence-corrected chi connectivity index (χ3v) is 3.04. The van der Waals surface area contributed by atoms with Crippen LogP contribution in [0.4, 0.5) is 0 Å². The lowest BCUT2D eigenvalue weighted by Gasteiger charge is -2.06. The molecule has 20 heavy (non-hydrogen) atoms. The molecule has 0 atom stereocenters. The fourth-order valence-electron chi connectivity index (χ4n) is 2.19. The Morgan fingerprint density at radius 1 is 1.10 bits per heavy atom. The zero-order valence-corrected chi connectivity index (χ0v) is 11.3. The number of nitrogens with zero attached hydrogens (tertiary/aromatic N) is 3. The van der Waals surface area contributed by atoms with Crippen LogP contribution in [0.25, 0.3) is 17.1 Å². The van der Waals surface area contributed by atoms with E-state index in [0.29, 0.717) is 5.82 Å². The fourth-order valence-corrected chi connectivity index (χ4v) is 2.19. The van der Waals surface area contributed by atoms with Crippen LogP contribution >= 0.6 is 0 Å². The minimum Gasteiger partial charge on any atom is -0.305 e. The van der Waals surface area contributed by atoms with Crippen LogP contribution in [-0.4, -0.2) is 19.7 Å². The van der Waals surface area contributed by atoms with E-state index in [-0.39, 0.29) is 5.69 Å². The SMILES string of the molecule is Cc1cc(C)n(-c2cc(-c3ccccc3)[nH]c(=O)n2)n1. The van der Waals surface area contributed by atoms with E-state index in [0.717, 1.165) is 22.6 Å². The van der Waals surface area contributed by atoms with Gasteiger partial charge in [0.2, 0.25) is 0 Å². The van der Waals surface area contributed by atoms with E-state index in [2.05, 4.69) is 15.1 Å². The van der Waals surface area contributed by atoms with Crippen LogP contribution in [0, 0.1) is 13.8 Å². The molecule has 0 radical (unpaired) electrons. The average Bonchev–Trinajstić information content (AvgIpc) is 2.78. The molecule has 0 spiro atoms. The summed E-state index contributed by atoms with van der Waals surface area (Å²) in [7, 11) is 0. The van der Waals surface area contributed by atoms with Crippen molar-refractivity contribution in [3.63, 3.8) is 0 Å². The third kappa shape index (κ3) is 2.25. The zero-order chi connectivity index (χ0) is 14.1. The molecule has 0 aliphatic heterocycles. The molecule has 100 valence electrons. The van der Waals surface area contributed by atoms with Crippen LogP contribution in [0.3, 0.4) is 0 Å². The highest BCUT2D eigenvalue weighted by Gasteiger charge is 2.08. The molecule has 0 bridgehead atoms. The van der Waals surface area contributed by atoms with Gasteiger partial charge < -0.3 is 4.98 Å². The summed E-state index contributed by atoms with van der Waals surface area (Å²) < 4.78 is 1.68. The van der Waals surface area contributed by atoms with Gasteiger partial charge in [0.05, 0.1) is 11.4 Å². The lowest BCUT2D eigenvalue weighted by molar-refractivity contribution is 0.794. The molecule has 0 unspecified atom stereocenters. The summed E-state index contributed by atoms with van der Waals surface area (Å²) >= 11 is 0. The van der Waals surface area contributed by atoms with Gasteiger partial charge >= 0.3 is 5.69 Å². The summed E-state index contributed by atoms with van der Waals surface area (Å²) in [5.74, 6) is 0.526. The van der Waals surface area contributed by atoms with Gasteiger partial charge in [0.25, 0.3) is 0 Å². The maximum atomic E-state index is 11.8. The van der Waals surface area contributed by atoms with Gasteiger partial charge in [-0.25, -0.2) is 9.48 Å². The Morgan fingerprint density at radius 2 is 1.85 bits per heavy atom. The van der Waals surface area contributed by atoms with Gasteiger partial charge in [-0.15, -0.1) is 0 Å². The Kier molecular flexibility index (Phi) is 2.95. The molecular formula is C15H14N4O. The Hall–Kier alpha value is -2.69. The number of nitrogens with one attached hydrogen (secondary N) is 1. The molecule has 5 heteroatoms. The maximum Gasteiger partial charge on any atom is 0.347 e. The van der Waals surface area contributed by atoms with Crippen LogP contribution in [0.5, 0.6) is 0 Å². The van der Waals surface area contributed by atoms with Gasteiger partial charge in [0, 0.05) is 11.8 Å². The van der Waals surface area contributed by atoms with Crippen LogP contribution in [0.2, 0.25) is 0 Å². The molecule has 0 fully saturated rings. The van der Waals surface area contributed by atoms with Crippen molar-refractivity contribution in [3.8, 4) is 17.1 Å². The second-order valence-electron chi connectivity index (χ2n) is 4.66. The number of aromatic amines is 1. The highest BCUT2D eigenvalue weighted by atomic mass is 16.1. The first-order chi connectivity index (χ1) is 9.63. The zero-order valence-electron chi connectivity index (χ0n) is 11.3. The van der Waals surface area contributed by atoms with Gasteiger partial charge in [-0.2, -0.15) is 10.1 Å². The quantitative estimate of drug-likeness (QED) is 0.773. The number of aromatic nitrogens is 4. The summed E-state index contributed by atoms with van der Waals surface area (Å²) in [4.78, 5) is 18.5. The number of hydrogen-bond donors (Lipinski definition) is 1. The molecular weight excluding hydrogens is 252 g/mol. The summed E-state index contributed by atoms with van der Waals surface area (Å²) in [6.07, 6.45) is 0. The topological polar surface area (TPSA) is 63.6 Å². The average molecular weight is 266 g/mol. The number of aryl methyl sites for hydroxylation is 2. The molecule has 1 N–H and O–H groups in total.